The van der Waals surface area contributed by atoms with E-state index < -0.39 is 20.8 Å². The van der Waals surface area contributed by atoms with Gasteiger partial charge >= 0.3 is 0 Å². The molecule has 0 saturated carbocycles. The van der Waals surface area contributed by atoms with Crippen LogP contribution in [0, 0.1) is 10.1 Å². The molecule has 0 unspecified atom stereocenters. The minimum absolute atomic E-state index is 0.0225. The third-order valence-electron chi connectivity index (χ3n) is 3.55. The first kappa shape index (κ1) is 23.0. The molecule has 1 amide bonds. The molecule has 0 aliphatic carbocycles. The average Bonchev–Trinajstić information content (AvgIpc) is 2.67. The highest BCUT2D eigenvalue weighted by Crippen LogP contribution is 2.29. The number of nitro groups is 1. The summed E-state index contributed by atoms with van der Waals surface area (Å²) in [5.41, 5.74) is 0.415. The Morgan fingerprint density at radius 1 is 1.17 bits per heavy atom. The number of hydrogen-bond acceptors (Lipinski definition) is 5. The second kappa shape index (κ2) is 9.93. The minimum Gasteiger partial charge on any atom is -0.497 e. The van der Waals surface area contributed by atoms with Crippen molar-refractivity contribution in [1.29, 1.82) is 0 Å². The number of amides is 1. The van der Waals surface area contributed by atoms with E-state index in [1.54, 1.807) is 31.4 Å². The number of carbonyl (C=O) groups excluding carboxylic acids is 1. The van der Waals surface area contributed by atoms with E-state index in [1.807, 2.05) is 0 Å². The molecule has 0 heterocycles. The van der Waals surface area contributed by atoms with E-state index in [-0.39, 0.29) is 16.4 Å². The van der Waals surface area contributed by atoms with E-state index in [0.29, 0.717) is 11.4 Å². The van der Waals surface area contributed by atoms with Crippen molar-refractivity contribution >= 4 is 69.4 Å². The summed E-state index contributed by atoms with van der Waals surface area (Å²) in [6, 6.07) is 12.0. The quantitative estimate of drug-likeness (QED) is 0.190. The molecule has 154 valence electrons. The topological polar surface area (TPSA) is 106 Å². The summed E-state index contributed by atoms with van der Waals surface area (Å²) in [5, 5.41) is 19.0. The molecule has 0 radical (unpaired) electrons. The highest BCUT2D eigenvalue weighted by molar-refractivity contribution is 7.80. The molecule has 1 atom stereocenters. The molecule has 3 N–H and O–H groups in total. The van der Waals surface area contributed by atoms with Crippen LogP contribution in [0.1, 0.15) is 10.4 Å². The molecule has 0 spiro atoms. The Hall–Kier alpha value is -2.33. The fourth-order valence-corrected chi connectivity index (χ4v) is 2.71. The summed E-state index contributed by atoms with van der Waals surface area (Å²) in [6.45, 7) is 0. The molecule has 0 aromatic heterocycles. The monoisotopic (exact) mass is 476 g/mol. The number of hydrogen-bond donors (Lipinski definition) is 3. The zero-order valence-corrected chi connectivity index (χ0v) is 17.9. The summed E-state index contributed by atoms with van der Waals surface area (Å²) in [4.78, 5) is 22.7. The van der Waals surface area contributed by atoms with Gasteiger partial charge in [-0.1, -0.05) is 40.9 Å². The molecule has 0 fully saturated rings. The predicted molar refractivity (Wildman–Crippen MR) is 117 cm³/mol. The third kappa shape index (κ3) is 6.90. The Kier molecular flexibility index (Phi) is 7.86. The number of nitrogens with one attached hydrogen (secondary N) is 3. The molecule has 29 heavy (non-hydrogen) atoms. The summed E-state index contributed by atoms with van der Waals surface area (Å²) in [7, 11) is 1.55. The van der Waals surface area contributed by atoms with Crippen molar-refractivity contribution in [2.24, 2.45) is 0 Å². The van der Waals surface area contributed by atoms with Crippen LogP contribution in [0.5, 0.6) is 5.75 Å². The first-order valence-electron chi connectivity index (χ1n) is 7.94. The minimum atomic E-state index is -1.97. The van der Waals surface area contributed by atoms with Crippen molar-refractivity contribution < 1.29 is 14.5 Å². The predicted octanol–water partition coefficient (Wildman–Crippen LogP) is 4.02. The van der Waals surface area contributed by atoms with Crippen molar-refractivity contribution in [3.63, 3.8) is 0 Å². The van der Waals surface area contributed by atoms with Crippen molar-refractivity contribution in [3.8, 4) is 5.75 Å². The van der Waals surface area contributed by atoms with Crippen molar-refractivity contribution in [2.75, 3.05) is 12.4 Å². The van der Waals surface area contributed by atoms with E-state index in [1.165, 1.54) is 18.2 Å². The van der Waals surface area contributed by atoms with Crippen LogP contribution >= 0.6 is 47.0 Å². The van der Waals surface area contributed by atoms with E-state index in [0.717, 1.165) is 6.07 Å². The van der Waals surface area contributed by atoms with Gasteiger partial charge in [-0.05, 0) is 42.5 Å². The summed E-state index contributed by atoms with van der Waals surface area (Å²) in [5.74, 6) is -0.0254. The molecule has 12 heteroatoms. The first-order valence-corrected chi connectivity index (χ1v) is 9.48. The Morgan fingerprint density at radius 3 is 2.38 bits per heavy atom. The van der Waals surface area contributed by atoms with E-state index in [9.17, 15) is 14.9 Å². The van der Waals surface area contributed by atoms with Gasteiger partial charge in [-0.2, -0.15) is 0 Å². The largest absolute Gasteiger partial charge is 0.497 e. The molecule has 2 rings (SSSR count). The number of nitro benzene ring substituents is 1. The number of alkyl halides is 3. The number of carbonyl (C=O) groups is 1. The van der Waals surface area contributed by atoms with Crippen LogP contribution in [-0.2, 0) is 0 Å². The van der Waals surface area contributed by atoms with Crippen LogP contribution < -0.4 is 20.7 Å². The first-order chi connectivity index (χ1) is 13.6. The van der Waals surface area contributed by atoms with Gasteiger partial charge in [0, 0.05) is 23.4 Å². The lowest BCUT2D eigenvalue weighted by Gasteiger charge is -2.27. The Morgan fingerprint density at radius 2 is 1.83 bits per heavy atom. The number of non-ortho nitro benzene ring substituents is 1. The number of nitrogens with zero attached hydrogens (tertiary/aromatic N) is 1. The number of thiocarbonyl (C=S) groups is 1. The lowest BCUT2D eigenvalue weighted by Crippen LogP contribution is -2.56. The van der Waals surface area contributed by atoms with Gasteiger partial charge in [0.15, 0.2) is 5.11 Å². The fraction of sp³-hybridized carbons (Fsp3) is 0.176. The van der Waals surface area contributed by atoms with Gasteiger partial charge in [-0.25, -0.2) is 0 Å². The van der Waals surface area contributed by atoms with E-state index in [2.05, 4.69) is 16.0 Å². The van der Waals surface area contributed by atoms with Crippen LogP contribution in [0.25, 0.3) is 0 Å². The Labute approximate surface area is 186 Å². The summed E-state index contributed by atoms with van der Waals surface area (Å²) >= 11 is 23.0. The lowest BCUT2D eigenvalue weighted by molar-refractivity contribution is -0.384. The van der Waals surface area contributed by atoms with Gasteiger partial charge in [0.2, 0.25) is 3.79 Å². The van der Waals surface area contributed by atoms with Crippen LogP contribution in [0.2, 0.25) is 0 Å². The average molecular weight is 478 g/mol. The molecular weight excluding hydrogens is 463 g/mol. The molecule has 2 aromatic rings. The van der Waals surface area contributed by atoms with Crippen molar-refractivity contribution in [3.05, 3.63) is 64.2 Å². The van der Waals surface area contributed by atoms with Crippen molar-refractivity contribution in [2.45, 2.75) is 9.96 Å². The van der Waals surface area contributed by atoms with Crippen molar-refractivity contribution in [1.82, 2.24) is 10.6 Å². The number of methoxy groups -OCH3 is 1. The van der Waals surface area contributed by atoms with Gasteiger partial charge in [-0.3, -0.25) is 14.9 Å². The summed E-state index contributed by atoms with van der Waals surface area (Å²) in [6.07, 6.45) is -1.22. The number of ether oxygens (including phenoxy) is 1. The van der Waals surface area contributed by atoms with Crippen LogP contribution in [0.3, 0.4) is 0 Å². The standard InChI is InChI=1S/C17H15Cl3N4O4S/c1-28-13-7-5-11(6-8-13)21-16(29)23-15(17(18,19)20)22-14(25)10-3-2-4-12(9-10)24(26)27/h2-9,15H,1H3,(H,22,25)(H2,21,23,29)/t15-/m0/s1. The van der Waals surface area contributed by atoms with Gasteiger partial charge in [0.05, 0.1) is 12.0 Å². The number of rotatable bonds is 6. The Balaban J connectivity index is 2.08. The number of benzene rings is 2. The van der Waals surface area contributed by atoms with Gasteiger partial charge < -0.3 is 20.7 Å². The molecule has 0 aliphatic heterocycles. The zero-order valence-electron chi connectivity index (χ0n) is 14.8. The molecule has 0 aliphatic rings. The molecule has 2 aromatic carbocycles. The molecule has 8 nitrogen and oxygen atoms in total. The third-order valence-corrected chi connectivity index (χ3v) is 4.42. The fourth-order valence-electron chi connectivity index (χ4n) is 2.15. The van der Waals surface area contributed by atoms with Crippen LogP contribution in [0.4, 0.5) is 11.4 Å². The second-order valence-corrected chi connectivity index (χ2v) is 8.36. The van der Waals surface area contributed by atoms with E-state index in [4.69, 9.17) is 51.8 Å². The van der Waals surface area contributed by atoms with Crippen LogP contribution in [-0.4, -0.2) is 33.0 Å². The highest BCUT2D eigenvalue weighted by atomic mass is 35.6. The maximum absolute atomic E-state index is 12.5. The van der Waals surface area contributed by atoms with Crippen LogP contribution in [0.15, 0.2) is 48.5 Å². The second-order valence-electron chi connectivity index (χ2n) is 5.58. The number of halogens is 3. The highest BCUT2D eigenvalue weighted by Gasteiger charge is 2.35. The maximum Gasteiger partial charge on any atom is 0.270 e. The zero-order chi connectivity index (χ0) is 21.6. The molecule has 0 bridgehead atoms. The normalized spacial score (nSPS) is 11.9. The van der Waals surface area contributed by atoms with Gasteiger partial charge in [0.1, 0.15) is 11.9 Å². The van der Waals surface area contributed by atoms with Gasteiger partial charge in [-0.15, -0.1) is 0 Å². The van der Waals surface area contributed by atoms with Gasteiger partial charge in [0.25, 0.3) is 11.6 Å². The SMILES string of the molecule is COc1ccc(NC(=S)N[C@H](NC(=O)c2cccc([N+](=O)[O-])c2)C(Cl)(Cl)Cl)cc1. The number of anilines is 1. The van der Waals surface area contributed by atoms with E-state index >= 15 is 0 Å². The smallest absolute Gasteiger partial charge is 0.270 e. The molecule has 0 saturated heterocycles. The summed E-state index contributed by atoms with van der Waals surface area (Å²) < 4.78 is 3.10. The lowest BCUT2D eigenvalue weighted by atomic mass is 10.2. The Bertz CT molecular complexity index is 906. The molecular formula is C17H15Cl3N4O4S. The maximum atomic E-state index is 12.5.